The van der Waals surface area contributed by atoms with Gasteiger partial charge in [-0.3, -0.25) is 14.2 Å². The van der Waals surface area contributed by atoms with E-state index in [1.54, 1.807) is 18.2 Å². The Morgan fingerprint density at radius 1 is 0.970 bits per heavy atom. The molecule has 168 valence electrons. The van der Waals surface area contributed by atoms with Crippen molar-refractivity contribution in [3.05, 3.63) is 94.0 Å². The highest BCUT2D eigenvalue weighted by molar-refractivity contribution is 7.99. The summed E-state index contributed by atoms with van der Waals surface area (Å²) in [6, 6.07) is 18.7. The highest BCUT2D eigenvalue weighted by Crippen LogP contribution is 2.25. The molecular formula is C26H24FN3O2S. The van der Waals surface area contributed by atoms with Crippen LogP contribution in [0.25, 0.3) is 16.6 Å². The van der Waals surface area contributed by atoms with Crippen molar-refractivity contribution in [1.82, 2.24) is 9.55 Å². The first kappa shape index (κ1) is 22.7. The summed E-state index contributed by atoms with van der Waals surface area (Å²) in [5.74, 6) is -0.494. The lowest BCUT2D eigenvalue weighted by atomic mass is 10.0. The molecule has 0 aliphatic carbocycles. The monoisotopic (exact) mass is 461 g/mol. The zero-order chi connectivity index (χ0) is 23.4. The van der Waals surface area contributed by atoms with E-state index < -0.39 is 5.82 Å². The van der Waals surface area contributed by atoms with Crippen molar-refractivity contribution >= 4 is 34.3 Å². The number of benzene rings is 3. The Balaban J connectivity index is 1.66. The number of halogens is 1. The largest absolute Gasteiger partial charge is 0.325 e. The molecule has 0 spiro atoms. The van der Waals surface area contributed by atoms with E-state index in [9.17, 15) is 14.0 Å². The second-order valence-electron chi connectivity index (χ2n) is 7.52. The number of aryl methyl sites for hydroxylation is 2. The lowest BCUT2D eigenvalue weighted by molar-refractivity contribution is -0.113. The number of carbonyl (C=O) groups is 1. The molecule has 33 heavy (non-hydrogen) atoms. The first-order valence-corrected chi connectivity index (χ1v) is 11.8. The van der Waals surface area contributed by atoms with Gasteiger partial charge in [0, 0.05) is 5.69 Å². The number of thioether (sulfide) groups is 1. The van der Waals surface area contributed by atoms with Gasteiger partial charge in [-0.1, -0.05) is 55.9 Å². The summed E-state index contributed by atoms with van der Waals surface area (Å²) >= 11 is 1.18. The summed E-state index contributed by atoms with van der Waals surface area (Å²) in [5.41, 5.74) is 3.80. The van der Waals surface area contributed by atoms with Gasteiger partial charge in [0.2, 0.25) is 5.91 Å². The summed E-state index contributed by atoms with van der Waals surface area (Å²) in [7, 11) is 0. The lowest BCUT2D eigenvalue weighted by Crippen LogP contribution is -2.23. The molecule has 0 fully saturated rings. The molecular weight excluding hydrogens is 437 g/mol. The van der Waals surface area contributed by atoms with Crippen molar-refractivity contribution in [2.75, 3.05) is 11.1 Å². The molecule has 0 saturated carbocycles. The number of fused-ring (bicyclic) bond motifs is 1. The average molecular weight is 462 g/mol. The van der Waals surface area contributed by atoms with Crippen molar-refractivity contribution in [2.24, 2.45) is 0 Å². The highest BCUT2D eigenvalue weighted by Gasteiger charge is 2.16. The van der Waals surface area contributed by atoms with E-state index in [0.29, 0.717) is 21.7 Å². The fourth-order valence-corrected chi connectivity index (χ4v) is 4.55. The quantitative estimate of drug-likeness (QED) is 0.296. The molecule has 0 saturated heterocycles. The fraction of sp³-hybridized carbons (Fsp3) is 0.192. The van der Waals surface area contributed by atoms with Gasteiger partial charge >= 0.3 is 0 Å². The van der Waals surface area contributed by atoms with Gasteiger partial charge in [-0.2, -0.15) is 0 Å². The van der Waals surface area contributed by atoms with E-state index >= 15 is 0 Å². The van der Waals surface area contributed by atoms with Gasteiger partial charge in [-0.25, -0.2) is 9.37 Å². The molecule has 0 bridgehead atoms. The van der Waals surface area contributed by atoms with Crippen LogP contribution in [0.15, 0.2) is 76.7 Å². The molecule has 0 aliphatic heterocycles. The van der Waals surface area contributed by atoms with E-state index in [1.807, 2.05) is 24.3 Å². The Hall–Kier alpha value is -3.45. The van der Waals surface area contributed by atoms with Crippen molar-refractivity contribution in [1.29, 1.82) is 0 Å². The minimum absolute atomic E-state index is 0.0766. The molecule has 4 aromatic rings. The van der Waals surface area contributed by atoms with Gasteiger partial charge in [0.15, 0.2) is 5.16 Å². The molecule has 3 aromatic carbocycles. The van der Waals surface area contributed by atoms with Crippen LogP contribution in [0.1, 0.15) is 25.0 Å². The third-order valence-electron chi connectivity index (χ3n) is 5.43. The van der Waals surface area contributed by atoms with Gasteiger partial charge in [0.1, 0.15) is 5.82 Å². The molecule has 1 aromatic heterocycles. The van der Waals surface area contributed by atoms with Crippen LogP contribution in [0.4, 0.5) is 10.1 Å². The molecule has 5 nitrogen and oxygen atoms in total. The Bertz CT molecular complexity index is 1340. The number of para-hydroxylation sites is 2. The minimum Gasteiger partial charge on any atom is -0.325 e. The molecule has 1 N–H and O–H groups in total. The summed E-state index contributed by atoms with van der Waals surface area (Å²) in [5, 5.41) is 3.88. The van der Waals surface area contributed by atoms with Gasteiger partial charge in [-0.15, -0.1) is 0 Å². The Morgan fingerprint density at radius 3 is 2.30 bits per heavy atom. The first-order valence-electron chi connectivity index (χ1n) is 10.8. The van der Waals surface area contributed by atoms with Crippen LogP contribution >= 0.6 is 11.8 Å². The number of nitrogens with one attached hydrogen (secondary N) is 1. The smallest absolute Gasteiger partial charge is 0.266 e. The van der Waals surface area contributed by atoms with E-state index in [0.717, 1.165) is 29.7 Å². The normalized spacial score (nSPS) is 11.0. The van der Waals surface area contributed by atoms with E-state index in [2.05, 4.69) is 24.1 Å². The second kappa shape index (κ2) is 10.0. The Labute approximate surface area is 195 Å². The third kappa shape index (κ3) is 4.83. The lowest BCUT2D eigenvalue weighted by Gasteiger charge is -2.15. The number of carbonyl (C=O) groups excluding carboxylic acids is 1. The van der Waals surface area contributed by atoms with Crippen molar-refractivity contribution < 1.29 is 9.18 Å². The van der Waals surface area contributed by atoms with Gasteiger partial charge in [0.25, 0.3) is 5.56 Å². The van der Waals surface area contributed by atoms with Crippen LogP contribution in [0.2, 0.25) is 0 Å². The molecule has 0 aliphatic rings. The summed E-state index contributed by atoms with van der Waals surface area (Å²) in [6.07, 6.45) is 1.62. The summed E-state index contributed by atoms with van der Waals surface area (Å²) < 4.78 is 14.9. The van der Waals surface area contributed by atoms with Crippen LogP contribution in [-0.4, -0.2) is 21.2 Å². The van der Waals surface area contributed by atoms with Crippen LogP contribution in [-0.2, 0) is 17.6 Å². The standard InChI is InChI=1S/C26H24FN3O2S/c1-3-17-8-7-9-18(4-2)24(17)29-23(31)16-33-26-28-22-11-6-5-10-21(22)25(32)30(26)20-14-12-19(27)13-15-20/h5-15H,3-4,16H2,1-2H3,(H,29,31). The molecule has 1 heterocycles. The molecule has 0 unspecified atom stereocenters. The third-order valence-corrected chi connectivity index (χ3v) is 6.36. The SMILES string of the molecule is CCc1cccc(CC)c1NC(=O)CSc1nc2ccccc2c(=O)n1-c1ccc(F)cc1. The van der Waals surface area contributed by atoms with Crippen LogP contribution in [0, 0.1) is 5.82 Å². The zero-order valence-electron chi connectivity index (χ0n) is 18.5. The minimum atomic E-state index is -0.393. The highest BCUT2D eigenvalue weighted by atomic mass is 32.2. The van der Waals surface area contributed by atoms with Gasteiger partial charge < -0.3 is 5.32 Å². The fourth-order valence-electron chi connectivity index (χ4n) is 3.74. The van der Waals surface area contributed by atoms with Crippen molar-refractivity contribution in [2.45, 2.75) is 31.8 Å². The number of hydrogen-bond donors (Lipinski definition) is 1. The summed E-state index contributed by atoms with van der Waals surface area (Å²) in [4.78, 5) is 30.8. The Morgan fingerprint density at radius 2 is 1.64 bits per heavy atom. The molecule has 1 amide bonds. The van der Waals surface area contributed by atoms with Gasteiger partial charge in [-0.05, 0) is 60.4 Å². The molecule has 0 radical (unpaired) electrons. The van der Waals surface area contributed by atoms with E-state index in [-0.39, 0.29) is 17.2 Å². The topological polar surface area (TPSA) is 64.0 Å². The maximum absolute atomic E-state index is 13.5. The van der Waals surface area contributed by atoms with Gasteiger partial charge in [0.05, 0.1) is 22.3 Å². The van der Waals surface area contributed by atoms with Crippen molar-refractivity contribution in [3.8, 4) is 5.69 Å². The van der Waals surface area contributed by atoms with E-state index in [4.69, 9.17) is 0 Å². The Kier molecular flexibility index (Phi) is 6.89. The maximum Gasteiger partial charge on any atom is 0.266 e. The number of rotatable bonds is 7. The van der Waals surface area contributed by atoms with Crippen molar-refractivity contribution in [3.63, 3.8) is 0 Å². The van der Waals surface area contributed by atoms with Crippen LogP contribution in [0.3, 0.4) is 0 Å². The zero-order valence-corrected chi connectivity index (χ0v) is 19.3. The number of anilines is 1. The number of amides is 1. The maximum atomic E-state index is 13.5. The van der Waals surface area contributed by atoms with Crippen LogP contribution < -0.4 is 10.9 Å². The van der Waals surface area contributed by atoms with Crippen LogP contribution in [0.5, 0.6) is 0 Å². The van der Waals surface area contributed by atoms with E-state index in [1.165, 1.54) is 40.6 Å². The second-order valence-corrected chi connectivity index (χ2v) is 8.47. The average Bonchev–Trinajstić information content (AvgIpc) is 2.84. The number of hydrogen-bond acceptors (Lipinski definition) is 4. The first-order chi connectivity index (χ1) is 16.0. The molecule has 0 atom stereocenters. The number of aromatic nitrogens is 2. The number of nitrogens with zero attached hydrogens (tertiary/aromatic N) is 2. The molecule has 4 rings (SSSR count). The predicted octanol–water partition coefficient (Wildman–Crippen LogP) is 5.38. The molecule has 7 heteroatoms. The predicted molar refractivity (Wildman–Crippen MR) is 132 cm³/mol. The summed E-state index contributed by atoms with van der Waals surface area (Å²) in [6.45, 7) is 4.11.